The Hall–Kier alpha value is -7.02. The summed E-state index contributed by atoms with van der Waals surface area (Å²) in [5, 5.41) is 18.2. The first-order valence-corrected chi connectivity index (χ1v) is 18.8. The zero-order valence-corrected chi connectivity index (χ0v) is 29.5. The van der Waals surface area contributed by atoms with Gasteiger partial charge in [0, 0.05) is 0 Å². The summed E-state index contributed by atoms with van der Waals surface area (Å²) in [6.07, 6.45) is 0. The number of hydrogen-bond donors (Lipinski definition) is 0. The third kappa shape index (κ3) is 4.20. The molecule has 0 unspecified atom stereocenters. The van der Waals surface area contributed by atoms with Gasteiger partial charge in [0.2, 0.25) is 0 Å². The fourth-order valence-electron chi connectivity index (χ4n) is 9.53. The van der Waals surface area contributed by atoms with Crippen LogP contribution in [0.1, 0.15) is 0 Å². The van der Waals surface area contributed by atoms with Crippen molar-refractivity contribution in [1.82, 2.24) is 0 Å². The molecule has 0 aliphatic heterocycles. The highest BCUT2D eigenvalue weighted by Crippen LogP contribution is 2.49. The molecule has 0 heterocycles. The van der Waals surface area contributed by atoms with E-state index in [4.69, 9.17) is 0 Å². The maximum Gasteiger partial charge on any atom is -0.00141 e. The van der Waals surface area contributed by atoms with Crippen LogP contribution in [0.25, 0.3) is 120 Å². The fourth-order valence-corrected chi connectivity index (χ4v) is 9.53. The van der Waals surface area contributed by atoms with E-state index in [2.05, 4.69) is 194 Å². The van der Waals surface area contributed by atoms with E-state index in [0.29, 0.717) is 0 Å². The van der Waals surface area contributed by atoms with Crippen molar-refractivity contribution in [3.8, 4) is 44.5 Å². The fraction of sp³-hybridized carbons (Fsp3) is 0. The summed E-state index contributed by atoms with van der Waals surface area (Å²) < 4.78 is 0. The Morgan fingerprint density at radius 2 is 0.648 bits per heavy atom. The van der Waals surface area contributed by atoms with Gasteiger partial charge < -0.3 is 0 Å². The third-order valence-electron chi connectivity index (χ3n) is 11.9. The molecule has 0 heteroatoms. The molecule has 54 heavy (non-hydrogen) atoms. The number of rotatable bonds is 4. The van der Waals surface area contributed by atoms with Gasteiger partial charge in [0.25, 0.3) is 0 Å². The molecule has 0 bridgehead atoms. The zero-order valence-electron chi connectivity index (χ0n) is 29.5. The van der Waals surface area contributed by atoms with Crippen molar-refractivity contribution in [1.29, 1.82) is 0 Å². The van der Waals surface area contributed by atoms with Gasteiger partial charge >= 0.3 is 0 Å². The highest BCUT2D eigenvalue weighted by Gasteiger charge is 2.22. The molecule has 0 amide bonds. The largest absolute Gasteiger partial charge is 0.0622 e. The lowest BCUT2D eigenvalue weighted by Gasteiger charge is -2.22. The molecule has 0 aromatic heterocycles. The molecule has 0 N–H and O–H groups in total. The minimum Gasteiger partial charge on any atom is -0.0622 e. The molecule has 0 aliphatic carbocycles. The van der Waals surface area contributed by atoms with Crippen LogP contribution in [0.3, 0.4) is 0 Å². The third-order valence-corrected chi connectivity index (χ3v) is 11.9. The Balaban J connectivity index is 1.14. The summed E-state index contributed by atoms with van der Waals surface area (Å²) in [7, 11) is 0. The van der Waals surface area contributed by atoms with Crippen LogP contribution in [0.15, 0.2) is 194 Å². The molecular formula is C54H32. The van der Waals surface area contributed by atoms with Gasteiger partial charge in [-0.05, 0) is 126 Å². The summed E-state index contributed by atoms with van der Waals surface area (Å²) in [6, 6.07) is 72.5. The molecular weight excluding hydrogens is 649 g/mol. The van der Waals surface area contributed by atoms with E-state index in [9.17, 15) is 0 Å². The van der Waals surface area contributed by atoms with Gasteiger partial charge in [-0.15, -0.1) is 0 Å². The number of benzene rings is 12. The van der Waals surface area contributed by atoms with Crippen molar-refractivity contribution < 1.29 is 0 Å². The van der Waals surface area contributed by atoms with E-state index in [-0.39, 0.29) is 0 Å². The van der Waals surface area contributed by atoms with E-state index in [0.717, 1.165) is 0 Å². The Labute approximate surface area is 312 Å². The molecule has 12 rings (SSSR count). The van der Waals surface area contributed by atoms with E-state index in [1.165, 1.54) is 120 Å². The van der Waals surface area contributed by atoms with Crippen molar-refractivity contribution in [2.75, 3.05) is 0 Å². The minimum absolute atomic E-state index is 1.21. The predicted molar refractivity (Wildman–Crippen MR) is 233 cm³/mol. The highest BCUT2D eigenvalue weighted by molar-refractivity contribution is 6.28. The lowest BCUT2D eigenvalue weighted by Crippen LogP contribution is -1.95. The van der Waals surface area contributed by atoms with Gasteiger partial charge in [0.1, 0.15) is 0 Å². The van der Waals surface area contributed by atoms with Crippen molar-refractivity contribution in [2.45, 2.75) is 0 Å². The van der Waals surface area contributed by atoms with Crippen LogP contribution in [-0.4, -0.2) is 0 Å². The van der Waals surface area contributed by atoms with Gasteiger partial charge in [0.05, 0.1) is 0 Å². The standard InChI is InChI=1S/C54H32/c1-2-8-33(9-3-1)48-32-42-10-4-5-15-44(42)51(54(48)47-31-27-41-23-21-36-12-7-14-38-26-30-46(47)53(41)50(36)38)39-18-16-34(17-19-39)43-28-24-40-22-20-35-11-6-13-37-25-29-45(43)52(40)49(35)37/h1-32H. The molecule has 0 atom stereocenters. The van der Waals surface area contributed by atoms with E-state index < -0.39 is 0 Å². The van der Waals surface area contributed by atoms with Gasteiger partial charge in [-0.3, -0.25) is 0 Å². The van der Waals surface area contributed by atoms with Crippen LogP contribution in [0, 0.1) is 0 Å². The number of fused-ring (bicyclic) bond motifs is 1. The molecule has 12 aromatic rings. The summed E-state index contributed by atoms with van der Waals surface area (Å²) in [5.74, 6) is 0. The molecule has 0 aliphatic rings. The van der Waals surface area contributed by atoms with Gasteiger partial charge in [-0.25, -0.2) is 0 Å². The normalized spacial score (nSPS) is 12.1. The van der Waals surface area contributed by atoms with E-state index in [1.807, 2.05) is 0 Å². The van der Waals surface area contributed by atoms with Crippen LogP contribution in [-0.2, 0) is 0 Å². The lowest BCUT2D eigenvalue weighted by molar-refractivity contribution is 1.60. The Morgan fingerprint density at radius 3 is 1.28 bits per heavy atom. The van der Waals surface area contributed by atoms with Gasteiger partial charge in [-0.2, -0.15) is 0 Å². The van der Waals surface area contributed by atoms with Crippen LogP contribution in [0.5, 0.6) is 0 Å². The van der Waals surface area contributed by atoms with Crippen LogP contribution in [0.4, 0.5) is 0 Å². The highest BCUT2D eigenvalue weighted by atomic mass is 14.2. The van der Waals surface area contributed by atoms with Crippen molar-refractivity contribution >= 4 is 75.4 Å². The predicted octanol–water partition coefficient (Wildman–Crippen LogP) is 15.3. The maximum atomic E-state index is 2.40. The van der Waals surface area contributed by atoms with Gasteiger partial charge in [-0.1, -0.05) is 188 Å². The molecule has 0 radical (unpaired) electrons. The Morgan fingerprint density at radius 1 is 0.204 bits per heavy atom. The average molecular weight is 681 g/mol. The first-order chi connectivity index (χ1) is 26.8. The quantitative estimate of drug-likeness (QED) is 0.162. The van der Waals surface area contributed by atoms with E-state index in [1.54, 1.807) is 0 Å². The second-order valence-electron chi connectivity index (χ2n) is 14.8. The zero-order chi connectivity index (χ0) is 35.3. The molecule has 0 saturated heterocycles. The molecule has 12 aromatic carbocycles. The van der Waals surface area contributed by atoms with E-state index >= 15 is 0 Å². The smallest absolute Gasteiger partial charge is 0.00141 e. The summed E-state index contributed by atoms with van der Waals surface area (Å²) in [4.78, 5) is 0. The molecule has 0 nitrogen and oxygen atoms in total. The average Bonchev–Trinajstić information content (AvgIpc) is 3.24. The molecule has 0 saturated carbocycles. The maximum absolute atomic E-state index is 2.40. The van der Waals surface area contributed by atoms with Crippen molar-refractivity contribution in [2.24, 2.45) is 0 Å². The molecule has 0 spiro atoms. The first kappa shape index (κ1) is 29.5. The molecule has 248 valence electrons. The Bertz CT molecular complexity index is 3370. The van der Waals surface area contributed by atoms with Crippen molar-refractivity contribution in [3.63, 3.8) is 0 Å². The summed E-state index contributed by atoms with van der Waals surface area (Å²) in [5.41, 5.74) is 9.97. The monoisotopic (exact) mass is 680 g/mol. The summed E-state index contributed by atoms with van der Waals surface area (Å²) >= 11 is 0. The second-order valence-corrected chi connectivity index (χ2v) is 14.8. The SMILES string of the molecule is c1ccc(-c2cc3ccccc3c(-c3ccc(-c4ccc5ccc6cccc7ccc4c5c67)cc3)c2-c2ccc3ccc4cccc5ccc2c3c45)cc1. The van der Waals surface area contributed by atoms with Crippen LogP contribution >= 0.6 is 0 Å². The Kier molecular flexibility index (Phi) is 6.15. The minimum atomic E-state index is 1.21. The lowest BCUT2D eigenvalue weighted by atomic mass is 9.81. The number of hydrogen-bond acceptors (Lipinski definition) is 0. The second kappa shape index (κ2) is 11.2. The van der Waals surface area contributed by atoms with Crippen LogP contribution in [0.2, 0.25) is 0 Å². The summed E-state index contributed by atoms with van der Waals surface area (Å²) in [6.45, 7) is 0. The molecule has 0 fully saturated rings. The van der Waals surface area contributed by atoms with Crippen LogP contribution < -0.4 is 0 Å². The van der Waals surface area contributed by atoms with Crippen molar-refractivity contribution in [3.05, 3.63) is 194 Å². The topological polar surface area (TPSA) is 0 Å². The first-order valence-electron chi connectivity index (χ1n) is 18.8. The van der Waals surface area contributed by atoms with Gasteiger partial charge in [0.15, 0.2) is 0 Å².